The highest BCUT2D eigenvalue weighted by atomic mass is 16.7. The Morgan fingerprint density at radius 3 is 0.968 bits per heavy atom. The molecule has 11 rings (SSSR count). The number of rotatable bonds is 10. The number of nitrogens with zero attached hydrogens (tertiary/aromatic N) is 1. The first-order chi connectivity index (χ1) is 41.5. The van der Waals surface area contributed by atoms with E-state index in [1.54, 1.807) is 0 Å². The van der Waals surface area contributed by atoms with E-state index < -0.39 is 0 Å². The highest BCUT2D eigenvalue weighted by Crippen LogP contribution is 2.65. The molecule has 10 atom stereocenters. The summed E-state index contributed by atoms with van der Waals surface area (Å²) in [5.41, 5.74) is 0.358. The first kappa shape index (κ1) is 111. The Kier molecular flexibility index (Phi) is 84.8. The van der Waals surface area contributed by atoms with Gasteiger partial charge in [-0.25, -0.2) is 0 Å². The molecule has 0 radical (unpaired) electrons. The zero-order chi connectivity index (χ0) is 65.1. The summed E-state index contributed by atoms with van der Waals surface area (Å²) in [5, 5.41) is 0. The van der Waals surface area contributed by atoms with Crippen LogP contribution in [0.25, 0.3) is 0 Å². The second kappa shape index (κ2) is 71.1. The number of Topliss-reactive ketones (excluding diaryl/α,β-unsaturated/α-hetero) is 1. The van der Waals surface area contributed by atoms with Crippen LogP contribution in [0.2, 0.25) is 0 Å². The predicted molar refractivity (Wildman–Crippen MR) is 418 cm³/mol. The van der Waals surface area contributed by atoms with Crippen LogP contribution in [0.15, 0.2) is 0 Å². The smallest absolute Gasteiger partial charge is 0.163 e. The highest BCUT2D eigenvalue weighted by molar-refractivity contribution is 5.89. The summed E-state index contributed by atoms with van der Waals surface area (Å²) in [6.07, 6.45) is 42.8. The minimum Gasteiger partial charge on any atom is -0.381 e. The largest absolute Gasteiger partial charge is 0.381 e. The maximum atomic E-state index is 11.8. The van der Waals surface area contributed by atoms with Crippen LogP contribution in [0.5, 0.6) is 0 Å². The first-order valence-electron chi connectivity index (χ1n) is 37.7. The lowest BCUT2D eigenvalue weighted by Gasteiger charge is -2.35. The molecule has 574 valence electrons. The molecule has 8 heterocycles. The van der Waals surface area contributed by atoms with Crippen LogP contribution >= 0.6 is 0 Å². The summed E-state index contributed by atoms with van der Waals surface area (Å²) >= 11 is 0. The molecule has 10 unspecified atom stereocenters. The summed E-state index contributed by atoms with van der Waals surface area (Å²) < 4.78 is 42.4. The maximum Gasteiger partial charge on any atom is 0.163 e. The molecule has 10 heteroatoms. The van der Waals surface area contributed by atoms with Crippen LogP contribution in [0.4, 0.5) is 0 Å². The number of fused-ring (bicyclic) bond motifs is 2. The lowest BCUT2D eigenvalue weighted by atomic mass is 9.67. The summed E-state index contributed by atoms with van der Waals surface area (Å²) in [5.74, 6) is 3.73. The Balaban J connectivity index is -0.000000119. The third kappa shape index (κ3) is 47.9. The molecule has 11 aliphatic rings. The van der Waals surface area contributed by atoms with Crippen LogP contribution in [0.1, 0.15) is 390 Å². The van der Waals surface area contributed by atoms with Gasteiger partial charge in [-0.1, -0.05) is 228 Å². The molecule has 8 aliphatic heterocycles. The van der Waals surface area contributed by atoms with E-state index in [1.807, 2.05) is 55.4 Å². The average molecular weight is 1340 g/mol. The van der Waals surface area contributed by atoms with Crippen molar-refractivity contribution in [1.29, 1.82) is 0 Å². The fourth-order valence-electron chi connectivity index (χ4n) is 13.6. The van der Waals surface area contributed by atoms with E-state index >= 15 is 0 Å². The summed E-state index contributed by atoms with van der Waals surface area (Å²) in [6, 6.07) is 0.898. The zero-order valence-corrected chi connectivity index (χ0v) is 61.9. The van der Waals surface area contributed by atoms with Crippen molar-refractivity contribution >= 4 is 5.78 Å². The standard InChI is InChI=1S/C11H18O.C8H16.C7H15N.C7H14O2.C7H14O.5C6H12O.3C2H6.7CH4/c1-4-11-6-5-8(7-9(11)12)10(11,2)3;1-2-8-6-4-3-5-7-8;1-3-7-5-4-6-8(7)2;1-4-6-5-8-7(2,3)9-6;1-2-7-4-3-5-8-6-7;1-2-6-3-4-7-5-6;4*1-2-6-4-3-5-7-6;3*1-2;;;;;;;/h8H,4-7H2,1-3H3;8H,2-7H2,1H3;7H,3-6H2,1-2H3;6H,4-5H2,1-3H3;7H,2-6H2,1H3;5*6H,2-5H2,1H3;3*1-2H3;7*1H4. The Labute approximate surface area is 590 Å². The number of carbonyl (C=O) groups is 1. The zero-order valence-electron chi connectivity index (χ0n) is 61.9. The fourth-order valence-corrected chi connectivity index (χ4v) is 13.6. The van der Waals surface area contributed by atoms with Crippen LogP contribution in [0.3, 0.4) is 0 Å². The van der Waals surface area contributed by atoms with Crippen molar-refractivity contribution in [3.05, 3.63) is 0 Å². The SMILES string of the molecule is C.C.C.C.C.C.C.CC.CC.CC.CCC12CCC(CC1=O)C2(C)C.CCC1CCCCC1.CCC1CCCN1C.CCC1CCCO1.CCC1CCCO1.CCC1CCCO1.CCC1CCCO1.CCC1CCCOC1.CCC1CCOC1.CCC1COC(C)(C)O1. The van der Waals surface area contributed by atoms with Crippen LogP contribution < -0.4 is 0 Å². The van der Waals surface area contributed by atoms with E-state index in [2.05, 4.69) is 95.0 Å². The van der Waals surface area contributed by atoms with Crippen LogP contribution in [0, 0.1) is 34.5 Å². The van der Waals surface area contributed by atoms with E-state index in [9.17, 15) is 4.79 Å². The summed E-state index contributed by atoms with van der Waals surface area (Å²) in [7, 11) is 2.22. The molecule has 3 saturated carbocycles. The van der Waals surface area contributed by atoms with Gasteiger partial charge in [0.25, 0.3) is 0 Å². The van der Waals surface area contributed by atoms with Crippen molar-refractivity contribution in [1.82, 2.24) is 4.90 Å². The third-order valence-electron chi connectivity index (χ3n) is 20.1. The van der Waals surface area contributed by atoms with E-state index in [-0.39, 0.29) is 63.2 Å². The molecule has 0 amide bonds. The molecule has 10 nitrogen and oxygen atoms in total. The average Bonchev–Trinajstić information content (AvgIpc) is 1.56. The van der Waals surface area contributed by atoms with Crippen molar-refractivity contribution in [2.24, 2.45) is 34.5 Å². The van der Waals surface area contributed by atoms with E-state index in [0.717, 1.165) is 109 Å². The topological polar surface area (TPSA) is 94.2 Å². The molecule has 93 heavy (non-hydrogen) atoms. The Morgan fingerprint density at radius 1 is 0.398 bits per heavy atom. The van der Waals surface area contributed by atoms with Gasteiger partial charge in [-0.2, -0.15) is 0 Å². The van der Waals surface area contributed by atoms with Gasteiger partial charge >= 0.3 is 0 Å². The quantitative estimate of drug-likeness (QED) is 0.210. The lowest BCUT2D eigenvalue weighted by molar-refractivity contribution is -0.138. The molecule has 0 spiro atoms. The number of likely N-dealkylation sites (tertiary alicyclic amines) is 1. The van der Waals surface area contributed by atoms with Gasteiger partial charge < -0.3 is 42.8 Å². The maximum absolute atomic E-state index is 11.8. The molecular formula is C83H183NO9. The molecule has 2 bridgehead atoms. The Bertz CT molecular complexity index is 1310. The van der Waals surface area contributed by atoms with Crippen molar-refractivity contribution in [3.63, 3.8) is 0 Å². The molecule has 0 aromatic heterocycles. The van der Waals surface area contributed by atoms with Crippen LogP contribution in [-0.4, -0.2) is 126 Å². The van der Waals surface area contributed by atoms with Crippen LogP contribution in [-0.2, 0) is 42.7 Å². The molecule has 3 aliphatic carbocycles. The minimum atomic E-state index is -0.333. The van der Waals surface area contributed by atoms with E-state index in [4.69, 9.17) is 37.9 Å². The van der Waals surface area contributed by atoms with Gasteiger partial charge in [0.05, 0.1) is 37.1 Å². The van der Waals surface area contributed by atoms with E-state index in [1.165, 1.54) is 180 Å². The van der Waals surface area contributed by atoms with Gasteiger partial charge in [-0.05, 0) is 198 Å². The molecule has 8 saturated heterocycles. The Hall–Kier alpha value is -0.690. The summed E-state index contributed by atoms with van der Waals surface area (Å²) in [4.78, 5) is 14.3. The molecule has 11 fully saturated rings. The molecule has 0 N–H and O–H groups in total. The van der Waals surface area contributed by atoms with E-state index in [0.29, 0.717) is 47.6 Å². The molecule has 0 aromatic rings. The minimum absolute atomic E-state index is 0. The highest BCUT2D eigenvalue weighted by Gasteiger charge is 2.62. The van der Waals surface area contributed by atoms with Gasteiger partial charge in [0, 0.05) is 70.7 Å². The van der Waals surface area contributed by atoms with Crippen molar-refractivity contribution in [2.45, 2.75) is 432 Å². The Morgan fingerprint density at radius 2 is 0.785 bits per heavy atom. The number of ether oxygens (including phenoxy) is 8. The van der Waals surface area contributed by atoms with Crippen molar-refractivity contribution < 1.29 is 42.7 Å². The normalized spacial score (nSPS) is 28.2. The van der Waals surface area contributed by atoms with Gasteiger partial charge in [-0.3, -0.25) is 4.79 Å². The van der Waals surface area contributed by atoms with Gasteiger partial charge in [-0.15, -0.1) is 0 Å². The molecular weight excluding hydrogens is 1150 g/mol. The van der Waals surface area contributed by atoms with Gasteiger partial charge in [0.1, 0.15) is 5.78 Å². The summed E-state index contributed by atoms with van der Waals surface area (Å²) in [6.45, 7) is 52.6. The predicted octanol–water partition coefficient (Wildman–Crippen LogP) is 25.9. The monoisotopic (exact) mass is 1340 g/mol. The van der Waals surface area contributed by atoms with Crippen molar-refractivity contribution in [3.8, 4) is 0 Å². The lowest BCUT2D eigenvalue weighted by Crippen LogP contribution is -2.34. The van der Waals surface area contributed by atoms with Crippen molar-refractivity contribution in [2.75, 3.05) is 73.1 Å². The van der Waals surface area contributed by atoms with Gasteiger partial charge in [0.15, 0.2) is 5.79 Å². The fraction of sp³-hybridized carbons (Fsp3) is 0.988. The number of hydrogen-bond acceptors (Lipinski definition) is 10. The second-order valence-corrected chi connectivity index (χ2v) is 26.3. The number of carbonyl (C=O) groups excluding carboxylic acids is 1. The number of ketones is 1. The first-order valence-corrected chi connectivity index (χ1v) is 37.7. The van der Waals surface area contributed by atoms with Gasteiger partial charge in [0.2, 0.25) is 0 Å². The third-order valence-corrected chi connectivity index (χ3v) is 20.1. The molecule has 0 aromatic carbocycles. The second-order valence-electron chi connectivity index (χ2n) is 26.3. The number of hydrogen-bond donors (Lipinski definition) is 0.